The molecule has 1 aromatic heterocycles. The number of imidazole rings is 1. The van der Waals surface area contributed by atoms with Crippen molar-refractivity contribution in [1.82, 2.24) is 18.8 Å². The molecule has 0 saturated carbocycles. The standard InChI is InChI=1S/C17H21N5O5S/c1-13-4-5-14(10-15(13)22(24)25)17(23)20-6-3-7-21(9-8-20)28(26,27)16-11-19(2)12-18-16/h4-5,10-12H,3,6-9H2,1-2H3. The molecule has 0 atom stereocenters. The second-order valence-corrected chi connectivity index (χ2v) is 8.57. The van der Waals surface area contributed by atoms with Crippen LogP contribution in [0.2, 0.25) is 0 Å². The molecule has 0 radical (unpaired) electrons. The molecule has 3 rings (SSSR count). The minimum atomic E-state index is -3.73. The lowest BCUT2D eigenvalue weighted by Crippen LogP contribution is -2.37. The molecule has 2 aromatic rings. The number of aryl methyl sites for hydroxylation is 2. The predicted octanol–water partition coefficient (Wildman–Crippen LogP) is 1.17. The van der Waals surface area contributed by atoms with Crippen molar-refractivity contribution in [2.75, 3.05) is 26.2 Å². The van der Waals surface area contributed by atoms with Gasteiger partial charge < -0.3 is 9.47 Å². The average Bonchev–Trinajstić information content (AvgIpc) is 2.94. The molecule has 11 heteroatoms. The second kappa shape index (κ2) is 7.68. The maximum absolute atomic E-state index is 12.8. The van der Waals surface area contributed by atoms with Gasteiger partial charge in [0.2, 0.25) is 0 Å². The van der Waals surface area contributed by atoms with Crippen molar-refractivity contribution in [1.29, 1.82) is 0 Å². The van der Waals surface area contributed by atoms with Crippen molar-refractivity contribution in [3.63, 3.8) is 0 Å². The van der Waals surface area contributed by atoms with E-state index < -0.39 is 14.9 Å². The third-order valence-corrected chi connectivity index (χ3v) is 6.46. The van der Waals surface area contributed by atoms with Gasteiger partial charge in [0.1, 0.15) is 0 Å². The molecule has 1 saturated heterocycles. The Hall–Kier alpha value is -2.79. The number of carbonyl (C=O) groups is 1. The maximum atomic E-state index is 12.8. The van der Waals surface area contributed by atoms with Crippen molar-refractivity contribution < 1.29 is 18.1 Å². The third kappa shape index (κ3) is 3.90. The molecule has 1 aliphatic heterocycles. The van der Waals surface area contributed by atoms with Gasteiger partial charge in [-0.15, -0.1) is 0 Å². The Bertz CT molecular complexity index is 1020. The van der Waals surface area contributed by atoms with E-state index >= 15 is 0 Å². The number of sulfonamides is 1. The normalized spacial score (nSPS) is 16.0. The first-order chi connectivity index (χ1) is 13.2. The number of benzene rings is 1. The summed E-state index contributed by atoms with van der Waals surface area (Å²) >= 11 is 0. The van der Waals surface area contributed by atoms with E-state index in [2.05, 4.69) is 4.98 Å². The van der Waals surface area contributed by atoms with Crippen LogP contribution < -0.4 is 0 Å². The van der Waals surface area contributed by atoms with Gasteiger partial charge in [-0.25, -0.2) is 13.4 Å². The molecule has 150 valence electrons. The Kier molecular flexibility index (Phi) is 5.47. The number of hydrogen-bond donors (Lipinski definition) is 0. The van der Waals surface area contributed by atoms with Crippen molar-refractivity contribution in [2.24, 2.45) is 7.05 Å². The summed E-state index contributed by atoms with van der Waals surface area (Å²) in [6.07, 6.45) is 3.32. The zero-order valence-electron chi connectivity index (χ0n) is 15.6. The van der Waals surface area contributed by atoms with Crippen LogP contribution in [-0.2, 0) is 17.1 Å². The summed E-state index contributed by atoms with van der Waals surface area (Å²) in [6.45, 7) is 2.59. The van der Waals surface area contributed by atoms with Gasteiger partial charge in [0.15, 0.2) is 5.03 Å². The van der Waals surface area contributed by atoms with E-state index in [0.717, 1.165) is 0 Å². The van der Waals surface area contributed by atoms with Crippen molar-refractivity contribution in [3.8, 4) is 0 Å². The summed E-state index contributed by atoms with van der Waals surface area (Å²) in [5.41, 5.74) is 0.586. The molecule has 0 aliphatic carbocycles. The quantitative estimate of drug-likeness (QED) is 0.554. The van der Waals surface area contributed by atoms with E-state index in [4.69, 9.17) is 0 Å². The molecule has 1 fully saturated rings. The second-order valence-electron chi connectivity index (χ2n) is 6.69. The zero-order chi connectivity index (χ0) is 20.5. The number of rotatable bonds is 4. The predicted molar refractivity (Wildman–Crippen MR) is 100 cm³/mol. The number of nitro benzene ring substituents is 1. The fraction of sp³-hybridized carbons (Fsp3) is 0.412. The number of carbonyl (C=O) groups excluding carboxylic acids is 1. The van der Waals surface area contributed by atoms with Gasteiger partial charge in [-0.2, -0.15) is 4.31 Å². The van der Waals surface area contributed by atoms with Crippen LogP contribution in [-0.4, -0.2) is 64.2 Å². The molecule has 2 heterocycles. The van der Waals surface area contributed by atoms with E-state index in [-0.39, 0.29) is 41.8 Å². The topological polar surface area (TPSA) is 119 Å². The van der Waals surface area contributed by atoms with Gasteiger partial charge in [0.05, 0.1) is 11.3 Å². The van der Waals surface area contributed by atoms with Crippen LogP contribution >= 0.6 is 0 Å². The third-order valence-electron chi connectivity index (χ3n) is 4.68. The van der Waals surface area contributed by atoms with Crippen LogP contribution in [0.25, 0.3) is 0 Å². The van der Waals surface area contributed by atoms with Crippen LogP contribution in [0.3, 0.4) is 0 Å². The Morgan fingerprint density at radius 3 is 2.61 bits per heavy atom. The van der Waals surface area contributed by atoms with Crippen molar-refractivity contribution >= 4 is 21.6 Å². The highest BCUT2D eigenvalue weighted by atomic mass is 32.2. The largest absolute Gasteiger partial charge is 0.339 e. The van der Waals surface area contributed by atoms with E-state index in [1.807, 2.05) is 0 Å². The van der Waals surface area contributed by atoms with Crippen LogP contribution in [0.1, 0.15) is 22.3 Å². The summed E-state index contributed by atoms with van der Waals surface area (Å²) < 4.78 is 28.3. The lowest BCUT2D eigenvalue weighted by atomic mass is 10.1. The molecule has 1 aromatic carbocycles. The van der Waals surface area contributed by atoms with E-state index in [1.165, 1.54) is 27.8 Å². The first-order valence-corrected chi connectivity index (χ1v) is 10.2. The van der Waals surface area contributed by atoms with Gasteiger partial charge in [0, 0.05) is 56.6 Å². The van der Waals surface area contributed by atoms with Gasteiger partial charge in [-0.3, -0.25) is 14.9 Å². The van der Waals surface area contributed by atoms with E-state index in [9.17, 15) is 23.3 Å². The number of hydrogen-bond acceptors (Lipinski definition) is 6. The molecule has 28 heavy (non-hydrogen) atoms. The number of amides is 1. The van der Waals surface area contributed by atoms with E-state index in [0.29, 0.717) is 18.5 Å². The first-order valence-electron chi connectivity index (χ1n) is 8.72. The van der Waals surface area contributed by atoms with Crippen LogP contribution in [0.5, 0.6) is 0 Å². The maximum Gasteiger partial charge on any atom is 0.273 e. The van der Waals surface area contributed by atoms with Gasteiger partial charge in [0.25, 0.3) is 21.6 Å². The zero-order valence-corrected chi connectivity index (χ0v) is 16.4. The van der Waals surface area contributed by atoms with Crippen LogP contribution in [0.15, 0.2) is 35.7 Å². The molecule has 0 N–H and O–H groups in total. The van der Waals surface area contributed by atoms with Gasteiger partial charge in [-0.1, -0.05) is 6.07 Å². The number of nitro groups is 1. The minimum Gasteiger partial charge on any atom is -0.339 e. The SMILES string of the molecule is Cc1ccc(C(=O)N2CCCN(S(=O)(=O)c3cn(C)cn3)CC2)cc1[N+](=O)[O-]. The molecule has 0 bridgehead atoms. The summed E-state index contributed by atoms with van der Waals surface area (Å²) in [7, 11) is -2.04. The lowest BCUT2D eigenvalue weighted by molar-refractivity contribution is -0.385. The van der Waals surface area contributed by atoms with E-state index in [1.54, 1.807) is 30.7 Å². The molecule has 10 nitrogen and oxygen atoms in total. The smallest absolute Gasteiger partial charge is 0.273 e. The highest BCUT2D eigenvalue weighted by molar-refractivity contribution is 7.89. The van der Waals surface area contributed by atoms with Gasteiger partial charge in [-0.05, 0) is 19.4 Å². The fourth-order valence-corrected chi connectivity index (χ4v) is 4.55. The first kappa shape index (κ1) is 20.0. The summed E-state index contributed by atoms with van der Waals surface area (Å²) in [4.78, 5) is 28.8. The molecule has 0 spiro atoms. The average molecular weight is 407 g/mol. The van der Waals surface area contributed by atoms with Crippen molar-refractivity contribution in [2.45, 2.75) is 18.4 Å². The lowest BCUT2D eigenvalue weighted by Gasteiger charge is -2.21. The highest BCUT2D eigenvalue weighted by Gasteiger charge is 2.30. The number of aromatic nitrogens is 2. The summed E-state index contributed by atoms with van der Waals surface area (Å²) in [5.74, 6) is -0.347. The minimum absolute atomic E-state index is 0.0241. The fourth-order valence-electron chi connectivity index (χ4n) is 3.11. The molecular weight excluding hydrogens is 386 g/mol. The Morgan fingerprint density at radius 1 is 1.21 bits per heavy atom. The number of nitrogens with zero attached hydrogens (tertiary/aromatic N) is 5. The Morgan fingerprint density at radius 2 is 1.96 bits per heavy atom. The molecular formula is C17H21N5O5S. The molecule has 1 aliphatic rings. The van der Waals surface area contributed by atoms with Gasteiger partial charge >= 0.3 is 0 Å². The van der Waals surface area contributed by atoms with Crippen molar-refractivity contribution in [3.05, 3.63) is 52.0 Å². The van der Waals surface area contributed by atoms with Crippen LogP contribution in [0.4, 0.5) is 5.69 Å². The Balaban J connectivity index is 1.76. The van der Waals surface area contributed by atoms with Crippen LogP contribution in [0, 0.1) is 17.0 Å². The summed E-state index contributed by atoms with van der Waals surface area (Å²) in [6, 6.07) is 4.37. The molecule has 1 amide bonds. The highest BCUT2D eigenvalue weighted by Crippen LogP contribution is 2.21. The Labute approximate surface area is 162 Å². The summed E-state index contributed by atoms with van der Waals surface area (Å²) in [5, 5.41) is 11.1. The monoisotopic (exact) mass is 407 g/mol. The molecule has 0 unspecified atom stereocenters.